The molecule has 5 heteroatoms. The Balaban J connectivity index is 2.39. The molecule has 0 unspecified atom stereocenters. The number of carbonyl (C=O) groups is 1. The van der Waals surface area contributed by atoms with Crippen LogP contribution >= 0.6 is 11.6 Å². The van der Waals surface area contributed by atoms with Gasteiger partial charge in [-0.15, -0.1) is 0 Å². The first-order valence-electron chi connectivity index (χ1n) is 4.54. The van der Waals surface area contributed by atoms with Crippen molar-refractivity contribution in [1.82, 2.24) is 0 Å². The number of aromatic hydroxyl groups is 1. The lowest BCUT2D eigenvalue weighted by atomic mass is 10.1. The van der Waals surface area contributed by atoms with Crippen molar-refractivity contribution < 1.29 is 14.7 Å². The summed E-state index contributed by atoms with van der Waals surface area (Å²) in [6, 6.07) is 4.66. The smallest absolute Gasteiger partial charge is 0.367 e. The lowest BCUT2D eigenvalue weighted by Gasteiger charge is -1.99. The Morgan fingerprint density at radius 1 is 1.50 bits per heavy atom. The molecule has 0 atom stereocenters. The van der Waals surface area contributed by atoms with Gasteiger partial charge >= 0.3 is 5.97 Å². The van der Waals surface area contributed by atoms with Crippen molar-refractivity contribution in [3.63, 3.8) is 0 Å². The minimum atomic E-state index is -0.485. The number of oxime groups is 1. The Labute approximate surface area is 96.8 Å². The molecule has 1 aliphatic heterocycles. The summed E-state index contributed by atoms with van der Waals surface area (Å²) >= 11 is 5.75. The van der Waals surface area contributed by atoms with Crippen molar-refractivity contribution in [2.24, 2.45) is 5.16 Å². The maximum Gasteiger partial charge on any atom is 0.367 e. The van der Waals surface area contributed by atoms with Crippen LogP contribution in [0.15, 0.2) is 28.9 Å². The molecule has 0 amide bonds. The van der Waals surface area contributed by atoms with E-state index < -0.39 is 5.97 Å². The molecule has 1 N–H and O–H groups in total. The van der Waals surface area contributed by atoms with Gasteiger partial charge in [-0.3, -0.25) is 0 Å². The van der Waals surface area contributed by atoms with Gasteiger partial charge in [0.05, 0.1) is 16.3 Å². The number of halogens is 1. The molecule has 0 saturated carbocycles. The van der Waals surface area contributed by atoms with Crippen LogP contribution in [0.25, 0.3) is 6.08 Å². The molecule has 0 radical (unpaired) electrons. The number of nitrogens with zero attached hydrogens (tertiary/aromatic N) is 1. The summed E-state index contributed by atoms with van der Waals surface area (Å²) in [7, 11) is 0. The molecular formula is C11H8ClNO3. The van der Waals surface area contributed by atoms with E-state index in [1.807, 2.05) is 0 Å². The summed E-state index contributed by atoms with van der Waals surface area (Å²) in [6.45, 7) is 1.68. The van der Waals surface area contributed by atoms with Gasteiger partial charge in [-0.25, -0.2) is 4.79 Å². The van der Waals surface area contributed by atoms with Crippen LogP contribution in [0.3, 0.4) is 0 Å². The maximum absolute atomic E-state index is 11.3. The number of carbonyl (C=O) groups excluding carboxylic acids is 1. The molecule has 1 aliphatic rings. The number of benzene rings is 1. The van der Waals surface area contributed by atoms with Crippen molar-refractivity contribution >= 4 is 29.4 Å². The molecular weight excluding hydrogens is 230 g/mol. The van der Waals surface area contributed by atoms with Crippen LogP contribution in [0, 0.1) is 0 Å². The number of rotatable bonds is 1. The van der Waals surface area contributed by atoms with Gasteiger partial charge in [0.1, 0.15) is 5.75 Å². The average molecular weight is 238 g/mol. The highest BCUT2D eigenvalue weighted by atomic mass is 35.5. The molecule has 1 aromatic carbocycles. The van der Waals surface area contributed by atoms with Crippen LogP contribution < -0.4 is 0 Å². The Hall–Kier alpha value is -1.81. The first-order chi connectivity index (χ1) is 7.58. The molecule has 82 valence electrons. The topological polar surface area (TPSA) is 58.9 Å². The van der Waals surface area contributed by atoms with E-state index in [-0.39, 0.29) is 10.8 Å². The van der Waals surface area contributed by atoms with Gasteiger partial charge in [-0.2, -0.15) is 0 Å². The van der Waals surface area contributed by atoms with Crippen LogP contribution in [0.4, 0.5) is 0 Å². The SMILES string of the molecule is CC1=NOC(=O)/C1=C/c1ccc(O)c(Cl)c1. The normalized spacial score (nSPS) is 17.5. The zero-order chi connectivity index (χ0) is 11.7. The molecule has 0 aromatic heterocycles. The first kappa shape index (κ1) is 10.7. The van der Waals surface area contributed by atoms with E-state index in [9.17, 15) is 9.90 Å². The van der Waals surface area contributed by atoms with Crippen LogP contribution in [0.5, 0.6) is 5.75 Å². The van der Waals surface area contributed by atoms with E-state index in [0.717, 1.165) is 0 Å². The molecule has 1 aromatic rings. The van der Waals surface area contributed by atoms with E-state index in [1.54, 1.807) is 25.1 Å². The predicted octanol–water partition coefficient (Wildman–Crippen LogP) is 2.36. The van der Waals surface area contributed by atoms with Crippen LogP contribution in [0.2, 0.25) is 5.02 Å². The van der Waals surface area contributed by atoms with E-state index in [1.165, 1.54) is 6.07 Å². The minimum absolute atomic E-state index is 0.00297. The fourth-order valence-corrected chi connectivity index (χ4v) is 1.49. The second kappa shape index (κ2) is 3.98. The third-order valence-electron chi connectivity index (χ3n) is 2.16. The van der Waals surface area contributed by atoms with Gasteiger partial charge in [-0.05, 0) is 30.7 Å². The van der Waals surface area contributed by atoms with E-state index >= 15 is 0 Å². The third kappa shape index (κ3) is 1.92. The van der Waals surface area contributed by atoms with Gasteiger partial charge in [0.15, 0.2) is 0 Å². The van der Waals surface area contributed by atoms with E-state index in [2.05, 4.69) is 9.99 Å². The monoisotopic (exact) mass is 237 g/mol. The molecule has 0 saturated heterocycles. The molecule has 0 aliphatic carbocycles. The highest BCUT2D eigenvalue weighted by molar-refractivity contribution is 6.32. The second-order valence-electron chi connectivity index (χ2n) is 3.32. The fourth-order valence-electron chi connectivity index (χ4n) is 1.30. The number of hydrogen-bond acceptors (Lipinski definition) is 4. The molecule has 1 heterocycles. The quantitative estimate of drug-likeness (QED) is 0.603. The number of hydrogen-bond donors (Lipinski definition) is 1. The molecule has 2 rings (SSSR count). The van der Waals surface area contributed by atoms with Gasteiger partial charge in [-0.1, -0.05) is 22.8 Å². The Morgan fingerprint density at radius 3 is 2.81 bits per heavy atom. The zero-order valence-corrected chi connectivity index (χ0v) is 9.15. The van der Waals surface area contributed by atoms with Crippen LogP contribution in [-0.4, -0.2) is 16.8 Å². The van der Waals surface area contributed by atoms with Crippen LogP contribution in [-0.2, 0) is 9.63 Å². The van der Waals surface area contributed by atoms with E-state index in [0.29, 0.717) is 16.8 Å². The van der Waals surface area contributed by atoms with Crippen molar-refractivity contribution in [1.29, 1.82) is 0 Å². The summed E-state index contributed by atoms with van der Waals surface area (Å²) in [4.78, 5) is 15.8. The fraction of sp³-hybridized carbons (Fsp3) is 0.0909. The third-order valence-corrected chi connectivity index (χ3v) is 2.46. The Kier molecular flexibility index (Phi) is 2.66. The lowest BCUT2D eigenvalue weighted by molar-refractivity contribution is -0.136. The summed E-state index contributed by atoms with van der Waals surface area (Å²) in [6.07, 6.45) is 1.61. The average Bonchev–Trinajstić information content (AvgIpc) is 2.55. The molecule has 16 heavy (non-hydrogen) atoms. The lowest BCUT2D eigenvalue weighted by Crippen LogP contribution is -2.01. The van der Waals surface area contributed by atoms with Crippen LogP contribution in [0.1, 0.15) is 12.5 Å². The van der Waals surface area contributed by atoms with E-state index in [4.69, 9.17) is 11.6 Å². The largest absolute Gasteiger partial charge is 0.506 e. The Morgan fingerprint density at radius 2 is 2.25 bits per heavy atom. The van der Waals surface area contributed by atoms with Gasteiger partial charge in [0.25, 0.3) is 0 Å². The summed E-state index contributed by atoms with van der Waals surface area (Å²) in [5, 5.41) is 13.0. The van der Waals surface area contributed by atoms with Crippen molar-refractivity contribution in [3.05, 3.63) is 34.4 Å². The predicted molar refractivity (Wildman–Crippen MR) is 60.3 cm³/mol. The number of phenolic OH excluding ortho intramolecular Hbond substituents is 1. The van der Waals surface area contributed by atoms with Crippen molar-refractivity contribution in [2.45, 2.75) is 6.92 Å². The highest BCUT2D eigenvalue weighted by Crippen LogP contribution is 2.25. The van der Waals surface area contributed by atoms with Gasteiger partial charge in [0.2, 0.25) is 0 Å². The van der Waals surface area contributed by atoms with Gasteiger partial charge in [0, 0.05) is 0 Å². The summed E-state index contributed by atoms with van der Waals surface area (Å²) in [5.41, 5.74) is 1.61. The minimum Gasteiger partial charge on any atom is -0.506 e. The standard InChI is InChI=1S/C11H8ClNO3/c1-6-8(11(15)16-13-6)4-7-2-3-10(14)9(12)5-7/h2-5,14H,1H3/b8-4+. The Bertz CT molecular complexity index is 520. The highest BCUT2D eigenvalue weighted by Gasteiger charge is 2.21. The first-order valence-corrected chi connectivity index (χ1v) is 4.92. The molecule has 4 nitrogen and oxygen atoms in total. The number of phenols is 1. The zero-order valence-electron chi connectivity index (χ0n) is 8.40. The van der Waals surface area contributed by atoms with Crippen molar-refractivity contribution in [2.75, 3.05) is 0 Å². The maximum atomic E-state index is 11.3. The molecule has 0 spiro atoms. The van der Waals surface area contributed by atoms with Crippen molar-refractivity contribution in [3.8, 4) is 5.75 Å². The molecule has 0 bridgehead atoms. The molecule has 0 fully saturated rings. The summed E-state index contributed by atoms with van der Waals surface area (Å²) in [5.74, 6) is -0.482. The van der Waals surface area contributed by atoms with Gasteiger partial charge < -0.3 is 9.94 Å². The second-order valence-corrected chi connectivity index (χ2v) is 3.73. The summed E-state index contributed by atoms with van der Waals surface area (Å²) < 4.78 is 0.